The van der Waals surface area contributed by atoms with E-state index in [-0.39, 0.29) is 12.2 Å². The highest BCUT2D eigenvalue weighted by molar-refractivity contribution is 7.17. The minimum Gasteiger partial charge on any atom is -0.461 e. The first-order valence-corrected chi connectivity index (χ1v) is 5.97. The second kappa shape index (κ2) is 4.41. The summed E-state index contributed by atoms with van der Waals surface area (Å²) in [5.41, 5.74) is -0.288. The molecule has 2 rings (SSSR count). The predicted molar refractivity (Wildman–Crippen MR) is 62.4 cm³/mol. The average Bonchev–Trinajstić information content (AvgIpc) is 2.76. The lowest BCUT2D eigenvalue weighted by Crippen LogP contribution is -2.28. The number of alkyl halides is 2. The van der Waals surface area contributed by atoms with Crippen LogP contribution in [0.25, 0.3) is 10.1 Å². The third kappa shape index (κ3) is 2.02. The molecule has 0 unspecified atom stereocenters. The maximum atomic E-state index is 13.9. The van der Waals surface area contributed by atoms with Crippen LogP contribution >= 0.6 is 11.3 Å². The van der Waals surface area contributed by atoms with Gasteiger partial charge in [0, 0.05) is 4.70 Å². The third-order valence-corrected chi connectivity index (χ3v) is 3.31. The largest absolute Gasteiger partial charge is 0.461 e. The van der Waals surface area contributed by atoms with Gasteiger partial charge in [0.1, 0.15) is 0 Å². The highest BCUT2D eigenvalue weighted by Gasteiger charge is 2.44. The van der Waals surface area contributed by atoms with Crippen LogP contribution in [0, 0.1) is 0 Å². The van der Waals surface area contributed by atoms with Gasteiger partial charge in [-0.3, -0.25) is 0 Å². The number of halogens is 2. The van der Waals surface area contributed by atoms with Crippen LogP contribution in [-0.4, -0.2) is 12.6 Å². The lowest BCUT2D eigenvalue weighted by molar-refractivity contribution is -0.172. The summed E-state index contributed by atoms with van der Waals surface area (Å²) in [6.07, 6.45) is 0. The lowest BCUT2D eigenvalue weighted by Gasteiger charge is -2.15. The smallest absolute Gasteiger partial charge is 0.382 e. The van der Waals surface area contributed by atoms with Gasteiger partial charge >= 0.3 is 11.9 Å². The van der Waals surface area contributed by atoms with Gasteiger partial charge in [0.2, 0.25) is 0 Å². The van der Waals surface area contributed by atoms with E-state index in [1.165, 1.54) is 30.4 Å². The van der Waals surface area contributed by atoms with Crippen LogP contribution in [0.3, 0.4) is 0 Å². The SMILES string of the molecule is CCOC(=O)C(F)(F)c1cccc2ccsc12. The molecule has 90 valence electrons. The van der Waals surface area contributed by atoms with Gasteiger partial charge in [0.05, 0.1) is 12.2 Å². The van der Waals surface area contributed by atoms with Gasteiger partial charge < -0.3 is 4.74 Å². The Hall–Kier alpha value is -1.49. The number of hydrogen-bond acceptors (Lipinski definition) is 3. The van der Waals surface area contributed by atoms with Crippen molar-refractivity contribution in [1.29, 1.82) is 0 Å². The van der Waals surface area contributed by atoms with Crippen LogP contribution in [0.5, 0.6) is 0 Å². The zero-order chi connectivity index (χ0) is 12.5. The first-order valence-electron chi connectivity index (χ1n) is 5.09. The first-order chi connectivity index (χ1) is 8.07. The van der Waals surface area contributed by atoms with Gasteiger partial charge in [0.15, 0.2) is 0 Å². The quantitative estimate of drug-likeness (QED) is 0.785. The van der Waals surface area contributed by atoms with Crippen LogP contribution in [0.15, 0.2) is 29.6 Å². The maximum Gasteiger partial charge on any atom is 0.382 e. The fourth-order valence-corrected chi connectivity index (χ4v) is 2.52. The van der Waals surface area contributed by atoms with Gasteiger partial charge in [0.25, 0.3) is 0 Å². The van der Waals surface area contributed by atoms with Crippen LogP contribution < -0.4 is 0 Å². The molecule has 0 saturated heterocycles. The number of rotatable bonds is 3. The molecule has 0 radical (unpaired) electrons. The minimum absolute atomic E-state index is 0.0607. The fraction of sp³-hybridized carbons (Fsp3) is 0.250. The molecule has 0 amide bonds. The molecule has 0 aliphatic carbocycles. The second-order valence-electron chi connectivity index (χ2n) is 3.44. The highest BCUT2D eigenvalue weighted by atomic mass is 32.1. The molecule has 0 aliphatic rings. The minimum atomic E-state index is -3.60. The molecular formula is C12H10F2O2S. The summed E-state index contributed by atoms with van der Waals surface area (Å²) in [6.45, 7) is 1.44. The standard InChI is InChI=1S/C12H10F2O2S/c1-2-16-11(15)12(13,14)9-5-3-4-8-6-7-17-10(8)9/h3-7H,2H2,1H3. The number of ether oxygens (including phenoxy) is 1. The van der Waals surface area contributed by atoms with Crippen molar-refractivity contribution in [3.63, 3.8) is 0 Å². The molecule has 17 heavy (non-hydrogen) atoms. The van der Waals surface area contributed by atoms with E-state index in [2.05, 4.69) is 4.74 Å². The van der Waals surface area contributed by atoms with Gasteiger partial charge in [-0.15, -0.1) is 11.3 Å². The Morgan fingerprint density at radius 1 is 1.41 bits per heavy atom. The summed E-state index contributed by atoms with van der Waals surface area (Å²) in [5.74, 6) is -5.10. The Labute approximate surface area is 101 Å². The summed E-state index contributed by atoms with van der Waals surface area (Å²) in [4.78, 5) is 11.3. The molecule has 5 heteroatoms. The van der Waals surface area contributed by atoms with Crippen LogP contribution in [0.2, 0.25) is 0 Å². The maximum absolute atomic E-state index is 13.9. The van der Waals surface area contributed by atoms with Crippen molar-refractivity contribution in [2.45, 2.75) is 12.8 Å². The van der Waals surface area contributed by atoms with Crippen molar-refractivity contribution in [2.75, 3.05) is 6.61 Å². The molecule has 2 nitrogen and oxygen atoms in total. The Morgan fingerprint density at radius 3 is 2.88 bits per heavy atom. The van der Waals surface area contributed by atoms with E-state index in [1.807, 2.05) is 0 Å². The molecule has 0 saturated carbocycles. The van der Waals surface area contributed by atoms with E-state index in [0.29, 0.717) is 10.1 Å². The van der Waals surface area contributed by atoms with Crippen molar-refractivity contribution in [2.24, 2.45) is 0 Å². The summed E-state index contributed by atoms with van der Waals surface area (Å²) in [6, 6.07) is 6.24. The van der Waals surface area contributed by atoms with E-state index in [1.54, 1.807) is 17.5 Å². The number of thiophene rings is 1. The topological polar surface area (TPSA) is 26.3 Å². The van der Waals surface area contributed by atoms with E-state index in [9.17, 15) is 13.6 Å². The molecule has 0 N–H and O–H groups in total. The third-order valence-electron chi connectivity index (χ3n) is 2.35. The van der Waals surface area contributed by atoms with Crippen LogP contribution in [0.1, 0.15) is 12.5 Å². The van der Waals surface area contributed by atoms with Gasteiger partial charge in [-0.25, -0.2) is 4.79 Å². The van der Waals surface area contributed by atoms with Crippen LogP contribution in [-0.2, 0) is 15.5 Å². The summed E-state index contributed by atoms with van der Waals surface area (Å²) < 4.78 is 32.6. The van der Waals surface area contributed by atoms with Crippen molar-refractivity contribution >= 4 is 27.4 Å². The first kappa shape index (κ1) is 12.0. The monoisotopic (exact) mass is 256 g/mol. The highest BCUT2D eigenvalue weighted by Crippen LogP contribution is 2.37. The molecular weight excluding hydrogens is 246 g/mol. The van der Waals surface area contributed by atoms with Crippen molar-refractivity contribution < 1.29 is 18.3 Å². The number of carbonyl (C=O) groups excluding carboxylic acids is 1. The number of benzene rings is 1. The van der Waals surface area contributed by atoms with Crippen LogP contribution in [0.4, 0.5) is 8.78 Å². The Kier molecular flexibility index (Phi) is 3.11. The van der Waals surface area contributed by atoms with E-state index < -0.39 is 11.9 Å². The number of esters is 1. The Morgan fingerprint density at radius 2 is 2.18 bits per heavy atom. The fourth-order valence-electron chi connectivity index (χ4n) is 1.57. The Balaban J connectivity index is 2.51. The molecule has 0 spiro atoms. The molecule has 0 aliphatic heterocycles. The number of hydrogen-bond donors (Lipinski definition) is 0. The van der Waals surface area contributed by atoms with Gasteiger partial charge in [-0.05, 0) is 23.8 Å². The van der Waals surface area contributed by atoms with E-state index in [0.717, 1.165) is 0 Å². The second-order valence-corrected chi connectivity index (χ2v) is 4.36. The van der Waals surface area contributed by atoms with Gasteiger partial charge in [-0.2, -0.15) is 8.78 Å². The van der Waals surface area contributed by atoms with Crippen molar-refractivity contribution in [3.8, 4) is 0 Å². The predicted octanol–water partition coefficient (Wildman–Crippen LogP) is 3.56. The number of carbonyl (C=O) groups is 1. The summed E-state index contributed by atoms with van der Waals surface area (Å²) >= 11 is 1.19. The lowest BCUT2D eigenvalue weighted by atomic mass is 10.1. The molecule has 1 aromatic carbocycles. The van der Waals surface area contributed by atoms with E-state index in [4.69, 9.17) is 0 Å². The Bertz CT molecular complexity index is 548. The zero-order valence-corrected chi connectivity index (χ0v) is 9.89. The average molecular weight is 256 g/mol. The normalized spacial score (nSPS) is 11.7. The molecule has 0 fully saturated rings. The molecule has 0 bridgehead atoms. The van der Waals surface area contributed by atoms with Crippen molar-refractivity contribution in [3.05, 3.63) is 35.2 Å². The molecule has 0 atom stereocenters. The van der Waals surface area contributed by atoms with Gasteiger partial charge in [-0.1, -0.05) is 18.2 Å². The van der Waals surface area contributed by atoms with Crippen molar-refractivity contribution in [1.82, 2.24) is 0 Å². The molecule has 1 heterocycles. The summed E-state index contributed by atoms with van der Waals surface area (Å²) in [7, 11) is 0. The summed E-state index contributed by atoms with van der Waals surface area (Å²) in [5, 5.41) is 2.42. The molecule has 1 aromatic heterocycles. The number of fused-ring (bicyclic) bond motifs is 1. The molecule has 2 aromatic rings. The van der Waals surface area contributed by atoms with E-state index >= 15 is 0 Å². The zero-order valence-electron chi connectivity index (χ0n) is 9.07.